The van der Waals surface area contributed by atoms with E-state index in [2.05, 4.69) is 15.6 Å². The highest BCUT2D eigenvalue weighted by Gasteiger charge is 2.11. The van der Waals surface area contributed by atoms with Crippen molar-refractivity contribution in [3.8, 4) is 0 Å². The van der Waals surface area contributed by atoms with Crippen LogP contribution in [-0.2, 0) is 6.54 Å². The van der Waals surface area contributed by atoms with Crippen LogP contribution >= 0.6 is 0 Å². The van der Waals surface area contributed by atoms with Crippen molar-refractivity contribution in [2.75, 3.05) is 17.2 Å². The number of hydrogen-bond donors (Lipinski definition) is 2. The lowest BCUT2D eigenvalue weighted by molar-refractivity contribution is 0.577. The van der Waals surface area contributed by atoms with Gasteiger partial charge in [-0.3, -0.25) is 0 Å². The minimum absolute atomic E-state index is 0.0515. The smallest absolute Gasteiger partial charge is 0.168 e. The Kier molecular flexibility index (Phi) is 5.09. The van der Waals surface area contributed by atoms with Crippen LogP contribution in [0.2, 0.25) is 0 Å². The molecule has 0 aliphatic carbocycles. The largest absolute Gasteiger partial charge is 0.368 e. The van der Waals surface area contributed by atoms with E-state index >= 15 is 0 Å². The Hall–Kier alpha value is -2.17. The molecular formula is C16H19F2N3. The van der Waals surface area contributed by atoms with Gasteiger partial charge in [-0.1, -0.05) is 36.8 Å². The summed E-state index contributed by atoms with van der Waals surface area (Å²) >= 11 is 0. The lowest BCUT2D eigenvalue weighted by Crippen LogP contribution is -2.09. The van der Waals surface area contributed by atoms with Gasteiger partial charge in [-0.2, -0.15) is 0 Å². The van der Waals surface area contributed by atoms with Gasteiger partial charge in [0.1, 0.15) is 0 Å². The molecule has 2 rings (SSSR count). The predicted molar refractivity (Wildman–Crippen MR) is 81.4 cm³/mol. The van der Waals surface area contributed by atoms with Crippen molar-refractivity contribution in [3.05, 3.63) is 53.1 Å². The predicted octanol–water partition coefficient (Wildman–Crippen LogP) is 4.10. The Balaban J connectivity index is 2.09. The van der Waals surface area contributed by atoms with Crippen molar-refractivity contribution in [1.29, 1.82) is 0 Å². The average Bonchev–Trinajstić information content (AvgIpc) is 2.47. The molecule has 112 valence electrons. The van der Waals surface area contributed by atoms with Crippen molar-refractivity contribution >= 4 is 11.6 Å². The number of pyridine rings is 1. The number of aromatic nitrogens is 1. The van der Waals surface area contributed by atoms with Crippen LogP contribution < -0.4 is 10.6 Å². The highest BCUT2D eigenvalue weighted by molar-refractivity contribution is 5.47. The molecule has 0 bridgehead atoms. The molecule has 0 spiro atoms. The second kappa shape index (κ2) is 7.02. The van der Waals surface area contributed by atoms with E-state index in [4.69, 9.17) is 0 Å². The minimum Gasteiger partial charge on any atom is -0.368 e. The van der Waals surface area contributed by atoms with Crippen LogP contribution in [0, 0.1) is 18.6 Å². The van der Waals surface area contributed by atoms with Gasteiger partial charge in [-0.15, -0.1) is 0 Å². The van der Waals surface area contributed by atoms with Gasteiger partial charge in [0.2, 0.25) is 0 Å². The molecular weight excluding hydrogens is 272 g/mol. The zero-order valence-electron chi connectivity index (χ0n) is 12.2. The fraction of sp³-hybridized carbons (Fsp3) is 0.312. The monoisotopic (exact) mass is 291 g/mol. The van der Waals surface area contributed by atoms with E-state index in [1.807, 2.05) is 38.1 Å². The summed E-state index contributed by atoms with van der Waals surface area (Å²) in [5.74, 6) is -1.25. The van der Waals surface area contributed by atoms with Gasteiger partial charge < -0.3 is 10.6 Å². The topological polar surface area (TPSA) is 37.0 Å². The van der Waals surface area contributed by atoms with E-state index in [1.165, 1.54) is 0 Å². The second-order valence-corrected chi connectivity index (χ2v) is 4.92. The first-order chi connectivity index (χ1) is 10.1. The Bertz CT molecular complexity index is 597. The van der Waals surface area contributed by atoms with Crippen LogP contribution in [0.5, 0.6) is 0 Å². The number of hydrogen-bond acceptors (Lipinski definition) is 3. The first-order valence-electron chi connectivity index (χ1n) is 6.99. The Morgan fingerprint density at radius 3 is 2.24 bits per heavy atom. The van der Waals surface area contributed by atoms with Crippen molar-refractivity contribution in [2.45, 2.75) is 26.8 Å². The van der Waals surface area contributed by atoms with Crippen molar-refractivity contribution in [2.24, 2.45) is 0 Å². The quantitative estimate of drug-likeness (QED) is 0.841. The molecule has 0 radical (unpaired) electrons. The molecule has 0 aliphatic heterocycles. The summed E-state index contributed by atoms with van der Waals surface area (Å²) in [6, 6.07) is 8.74. The summed E-state index contributed by atoms with van der Waals surface area (Å²) in [5, 5.41) is 5.74. The normalized spacial score (nSPS) is 10.5. The fourth-order valence-electron chi connectivity index (χ4n) is 1.85. The van der Waals surface area contributed by atoms with Crippen molar-refractivity contribution < 1.29 is 8.78 Å². The highest BCUT2D eigenvalue weighted by Crippen LogP contribution is 2.19. The first-order valence-corrected chi connectivity index (χ1v) is 6.99. The highest BCUT2D eigenvalue weighted by atomic mass is 19.1. The molecule has 0 saturated carbocycles. The van der Waals surface area contributed by atoms with Crippen LogP contribution in [0.4, 0.5) is 20.4 Å². The van der Waals surface area contributed by atoms with E-state index in [0.29, 0.717) is 13.1 Å². The van der Waals surface area contributed by atoms with E-state index in [1.54, 1.807) is 0 Å². The zero-order chi connectivity index (χ0) is 15.2. The van der Waals surface area contributed by atoms with Gasteiger partial charge in [0.15, 0.2) is 23.3 Å². The number of benzene rings is 1. The van der Waals surface area contributed by atoms with Crippen LogP contribution in [-0.4, -0.2) is 11.5 Å². The molecule has 0 unspecified atom stereocenters. The molecule has 2 aromatic rings. The lowest BCUT2D eigenvalue weighted by atomic mass is 10.1. The molecule has 3 nitrogen and oxygen atoms in total. The van der Waals surface area contributed by atoms with Gasteiger partial charge in [0, 0.05) is 19.2 Å². The number of nitrogens with zero attached hydrogens (tertiary/aromatic N) is 1. The lowest BCUT2D eigenvalue weighted by Gasteiger charge is -2.11. The number of nitrogens with one attached hydrogen (secondary N) is 2. The van der Waals surface area contributed by atoms with E-state index < -0.39 is 11.6 Å². The van der Waals surface area contributed by atoms with E-state index in [0.717, 1.165) is 23.6 Å². The van der Waals surface area contributed by atoms with Gasteiger partial charge in [-0.05, 0) is 18.9 Å². The maximum Gasteiger partial charge on any atom is 0.168 e. The second-order valence-electron chi connectivity index (χ2n) is 4.92. The molecule has 0 saturated heterocycles. The Morgan fingerprint density at radius 1 is 1.00 bits per heavy atom. The van der Waals surface area contributed by atoms with Gasteiger partial charge >= 0.3 is 0 Å². The van der Waals surface area contributed by atoms with Crippen LogP contribution in [0.15, 0.2) is 30.3 Å². The van der Waals surface area contributed by atoms with Gasteiger partial charge in [0.05, 0.1) is 0 Å². The molecule has 1 aromatic heterocycles. The number of rotatable bonds is 6. The van der Waals surface area contributed by atoms with Gasteiger partial charge in [-0.25, -0.2) is 13.8 Å². The molecule has 0 amide bonds. The maximum absolute atomic E-state index is 13.7. The third kappa shape index (κ3) is 4.15. The Morgan fingerprint density at radius 2 is 1.62 bits per heavy atom. The van der Waals surface area contributed by atoms with E-state index in [9.17, 15) is 8.78 Å². The Labute approximate surface area is 123 Å². The summed E-state index contributed by atoms with van der Waals surface area (Å²) in [6.07, 6.45) is 0.838. The molecule has 0 atom stereocenters. The zero-order valence-corrected chi connectivity index (χ0v) is 12.2. The molecule has 5 heteroatoms. The SMILES string of the molecule is CCCNc1nc(NCc2ccc(C)cc2)c(F)cc1F. The molecule has 1 aromatic carbocycles. The van der Waals surface area contributed by atoms with Crippen LogP contribution in [0.3, 0.4) is 0 Å². The summed E-state index contributed by atoms with van der Waals surface area (Å²) in [4.78, 5) is 3.97. The third-order valence-electron chi connectivity index (χ3n) is 3.05. The standard InChI is InChI=1S/C16H19F2N3/c1-3-8-19-15-13(17)9-14(18)16(21-15)20-10-12-6-4-11(2)5-7-12/h4-7,9H,3,8,10H2,1-2H3,(H2,19,20,21). The van der Waals surface area contributed by atoms with Crippen LogP contribution in [0.1, 0.15) is 24.5 Å². The van der Waals surface area contributed by atoms with Crippen LogP contribution in [0.25, 0.3) is 0 Å². The molecule has 1 heterocycles. The summed E-state index contributed by atoms with van der Waals surface area (Å²) in [5.41, 5.74) is 2.17. The number of aryl methyl sites for hydroxylation is 1. The van der Waals surface area contributed by atoms with Crippen molar-refractivity contribution in [1.82, 2.24) is 4.98 Å². The summed E-state index contributed by atoms with van der Waals surface area (Å²) in [6.45, 7) is 4.99. The number of halogens is 2. The molecule has 21 heavy (non-hydrogen) atoms. The van der Waals surface area contributed by atoms with Gasteiger partial charge in [0.25, 0.3) is 0 Å². The molecule has 0 fully saturated rings. The van der Waals surface area contributed by atoms with E-state index in [-0.39, 0.29) is 11.6 Å². The maximum atomic E-state index is 13.7. The number of anilines is 2. The average molecular weight is 291 g/mol. The molecule has 2 N–H and O–H groups in total. The third-order valence-corrected chi connectivity index (χ3v) is 3.05. The molecule has 0 aliphatic rings. The fourth-order valence-corrected chi connectivity index (χ4v) is 1.85. The summed E-state index contributed by atoms with van der Waals surface area (Å²) in [7, 11) is 0. The minimum atomic E-state index is -0.693. The summed E-state index contributed by atoms with van der Waals surface area (Å²) < 4.78 is 27.3. The van der Waals surface area contributed by atoms with Crippen molar-refractivity contribution in [3.63, 3.8) is 0 Å². The first kappa shape index (κ1) is 15.2.